The largest absolute Gasteiger partial charge is 0.346 e. The Bertz CT molecular complexity index is 518. The molecule has 2 rings (SSSR count). The van der Waals surface area contributed by atoms with Crippen LogP contribution < -0.4 is 0 Å². The maximum atomic E-state index is 12.9. The highest BCUT2D eigenvalue weighted by Gasteiger charge is 2.33. The number of piperidine rings is 1. The summed E-state index contributed by atoms with van der Waals surface area (Å²) >= 11 is 0. The Labute approximate surface area is 132 Å². The number of rotatable bonds is 5. The Balaban J connectivity index is 2.16. The summed E-state index contributed by atoms with van der Waals surface area (Å²) in [7, 11) is 1.80. The Morgan fingerprint density at radius 2 is 2.09 bits per heavy atom. The fourth-order valence-electron chi connectivity index (χ4n) is 3.14. The van der Waals surface area contributed by atoms with E-state index < -0.39 is 0 Å². The maximum absolute atomic E-state index is 12.9. The quantitative estimate of drug-likeness (QED) is 0.838. The third-order valence-electron chi connectivity index (χ3n) is 4.49. The highest BCUT2D eigenvalue weighted by atomic mass is 16.2. The van der Waals surface area contributed by atoms with Gasteiger partial charge in [-0.2, -0.15) is 0 Å². The van der Waals surface area contributed by atoms with Crippen molar-refractivity contribution in [3.05, 3.63) is 30.1 Å². The molecule has 1 aliphatic rings. The lowest BCUT2D eigenvalue weighted by Crippen LogP contribution is -2.45. The number of hydrogen-bond donors (Lipinski definition) is 0. The second kappa shape index (κ2) is 7.38. The van der Waals surface area contributed by atoms with Crippen LogP contribution >= 0.6 is 0 Å². The summed E-state index contributed by atoms with van der Waals surface area (Å²) in [5.41, 5.74) is 1.10. The molecule has 2 unspecified atom stereocenters. The van der Waals surface area contributed by atoms with Crippen LogP contribution in [0.4, 0.5) is 0 Å². The molecule has 1 fully saturated rings. The van der Waals surface area contributed by atoms with Crippen LogP contribution in [0.2, 0.25) is 0 Å². The lowest BCUT2D eigenvalue weighted by atomic mass is 9.93. The molecule has 2 heterocycles. The highest BCUT2D eigenvalue weighted by Crippen LogP contribution is 2.28. The average Bonchev–Trinajstić information content (AvgIpc) is 2.55. The van der Waals surface area contributed by atoms with Crippen LogP contribution in [-0.2, 0) is 9.59 Å². The average molecular weight is 303 g/mol. The fraction of sp³-hybridized carbons (Fsp3) is 0.588. The minimum absolute atomic E-state index is 0.0512. The van der Waals surface area contributed by atoms with Crippen LogP contribution in [0.25, 0.3) is 0 Å². The molecule has 0 spiro atoms. The summed E-state index contributed by atoms with van der Waals surface area (Å²) in [4.78, 5) is 32.4. The number of carbonyl (C=O) groups is 2. The zero-order valence-corrected chi connectivity index (χ0v) is 13.7. The first-order chi connectivity index (χ1) is 10.6. The molecule has 0 radical (unpaired) electrons. The number of pyridine rings is 1. The SMILES string of the molecule is CCC(c1ccncc1)N(CC)C(=O)C1CCN(C)C(=O)C1. The molecule has 2 amide bonds. The second-order valence-electron chi connectivity index (χ2n) is 5.83. The molecule has 1 aromatic rings. The van der Waals surface area contributed by atoms with Gasteiger partial charge in [0, 0.05) is 44.9 Å². The summed E-state index contributed by atoms with van der Waals surface area (Å²) in [6.45, 7) is 5.40. The van der Waals surface area contributed by atoms with E-state index in [1.165, 1.54) is 0 Å². The van der Waals surface area contributed by atoms with Crippen molar-refractivity contribution in [3.63, 3.8) is 0 Å². The van der Waals surface area contributed by atoms with E-state index in [9.17, 15) is 9.59 Å². The first kappa shape index (κ1) is 16.5. The third kappa shape index (κ3) is 3.46. The maximum Gasteiger partial charge on any atom is 0.226 e. The van der Waals surface area contributed by atoms with Crippen molar-refractivity contribution in [2.24, 2.45) is 5.92 Å². The van der Waals surface area contributed by atoms with Gasteiger partial charge in [0.15, 0.2) is 0 Å². The summed E-state index contributed by atoms with van der Waals surface area (Å²) < 4.78 is 0. The first-order valence-corrected chi connectivity index (χ1v) is 8.02. The lowest BCUT2D eigenvalue weighted by molar-refractivity contribution is -0.146. The predicted octanol–water partition coefficient (Wildman–Crippen LogP) is 2.25. The number of amides is 2. The molecule has 5 nitrogen and oxygen atoms in total. The molecule has 1 aromatic heterocycles. The highest BCUT2D eigenvalue weighted by molar-refractivity contribution is 5.87. The van der Waals surface area contributed by atoms with E-state index >= 15 is 0 Å². The van der Waals surface area contributed by atoms with Gasteiger partial charge < -0.3 is 9.80 Å². The van der Waals surface area contributed by atoms with Gasteiger partial charge in [-0.25, -0.2) is 0 Å². The van der Waals surface area contributed by atoms with Gasteiger partial charge in [-0.15, -0.1) is 0 Å². The molecule has 5 heteroatoms. The molecular weight excluding hydrogens is 278 g/mol. The summed E-state index contributed by atoms with van der Waals surface area (Å²) in [5, 5.41) is 0. The van der Waals surface area contributed by atoms with E-state index in [-0.39, 0.29) is 23.8 Å². The summed E-state index contributed by atoms with van der Waals surface area (Å²) in [6, 6.07) is 3.98. The predicted molar refractivity (Wildman–Crippen MR) is 85.0 cm³/mol. The van der Waals surface area contributed by atoms with Gasteiger partial charge in [0.25, 0.3) is 0 Å². The van der Waals surface area contributed by atoms with Gasteiger partial charge in [-0.05, 0) is 37.5 Å². The standard InChI is InChI=1S/C17H25N3O2/c1-4-15(13-6-9-18-10-7-13)20(5-2)17(22)14-8-11-19(3)16(21)12-14/h6-7,9-10,14-15H,4-5,8,11-12H2,1-3H3. The zero-order chi connectivity index (χ0) is 16.1. The monoisotopic (exact) mass is 303 g/mol. The van der Waals surface area contributed by atoms with Crippen molar-refractivity contribution in [1.29, 1.82) is 0 Å². The molecule has 0 bridgehead atoms. The van der Waals surface area contributed by atoms with Crippen molar-refractivity contribution in [3.8, 4) is 0 Å². The zero-order valence-electron chi connectivity index (χ0n) is 13.7. The number of nitrogens with zero attached hydrogens (tertiary/aromatic N) is 3. The molecule has 1 saturated heterocycles. The molecule has 0 aliphatic carbocycles. The Hall–Kier alpha value is -1.91. The Morgan fingerprint density at radius 3 is 2.64 bits per heavy atom. The van der Waals surface area contributed by atoms with E-state index in [1.54, 1.807) is 24.3 Å². The second-order valence-corrected chi connectivity index (χ2v) is 5.83. The van der Waals surface area contributed by atoms with Gasteiger partial charge in [0.1, 0.15) is 0 Å². The minimum atomic E-state index is -0.181. The molecule has 0 aromatic carbocycles. The molecule has 22 heavy (non-hydrogen) atoms. The van der Waals surface area contributed by atoms with Gasteiger partial charge >= 0.3 is 0 Å². The van der Waals surface area contributed by atoms with Gasteiger partial charge in [0.05, 0.1) is 6.04 Å². The topological polar surface area (TPSA) is 53.5 Å². The van der Waals surface area contributed by atoms with Crippen molar-refractivity contribution in [2.75, 3.05) is 20.1 Å². The van der Waals surface area contributed by atoms with Crippen molar-refractivity contribution in [1.82, 2.24) is 14.8 Å². The number of aromatic nitrogens is 1. The molecule has 0 saturated carbocycles. The molecule has 1 aliphatic heterocycles. The molecule has 0 N–H and O–H groups in total. The molecule has 120 valence electrons. The lowest BCUT2D eigenvalue weighted by Gasteiger charge is -2.36. The van der Waals surface area contributed by atoms with Gasteiger partial charge in [0.2, 0.25) is 11.8 Å². The Kier molecular flexibility index (Phi) is 5.52. The van der Waals surface area contributed by atoms with Crippen LogP contribution in [0, 0.1) is 5.92 Å². The summed E-state index contributed by atoms with van der Waals surface area (Å²) in [6.07, 6.45) is 5.46. The van der Waals surface area contributed by atoms with Crippen LogP contribution in [0.5, 0.6) is 0 Å². The molecular formula is C17H25N3O2. The molecule has 2 atom stereocenters. The first-order valence-electron chi connectivity index (χ1n) is 8.02. The van der Waals surface area contributed by atoms with Crippen LogP contribution in [0.1, 0.15) is 44.7 Å². The van der Waals surface area contributed by atoms with E-state index in [2.05, 4.69) is 11.9 Å². The fourth-order valence-corrected chi connectivity index (χ4v) is 3.14. The van der Waals surface area contributed by atoms with Crippen LogP contribution in [0.3, 0.4) is 0 Å². The Morgan fingerprint density at radius 1 is 1.41 bits per heavy atom. The normalized spacial score (nSPS) is 19.9. The summed E-state index contributed by atoms with van der Waals surface area (Å²) in [5.74, 6) is -0.00948. The number of carbonyl (C=O) groups excluding carboxylic acids is 2. The van der Waals surface area contributed by atoms with Gasteiger partial charge in [-0.1, -0.05) is 6.92 Å². The van der Waals surface area contributed by atoms with E-state index in [1.807, 2.05) is 24.0 Å². The van der Waals surface area contributed by atoms with E-state index in [0.29, 0.717) is 19.5 Å². The van der Waals surface area contributed by atoms with Crippen LogP contribution in [-0.4, -0.2) is 46.7 Å². The van der Waals surface area contributed by atoms with Crippen LogP contribution in [0.15, 0.2) is 24.5 Å². The van der Waals surface area contributed by atoms with Crippen molar-refractivity contribution < 1.29 is 9.59 Å². The smallest absolute Gasteiger partial charge is 0.226 e. The van der Waals surface area contributed by atoms with Crippen molar-refractivity contribution >= 4 is 11.8 Å². The van der Waals surface area contributed by atoms with E-state index in [0.717, 1.165) is 18.4 Å². The van der Waals surface area contributed by atoms with E-state index in [4.69, 9.17) is 0 Å². The van der Waals surface area contributed by atoms with Gasteiger partial charge in [-0.3, -0.25) is 14.6 Å². The van der Waals surface area contributed by atoms with Crippen molar-refractivity contribution in [2.45, 2.75) is 39.2 Å². The minimum Gasteiger partial charge on any atom is -0.346 e. The number of likely N-dealkylation sites (tertiary alicyclic amines) is 1. The third-order valence-corrected chi connectivity index (χ3v) is 4.49. The number of hydrogen-bond acceptors (Lipinski definition) is 3.